The minimum absolute atomic E-state index is 0.000102. The zero-order valence-electron chi connectivity index (χ0n) is 21.6. The van der Waals surface area contributed by atoms with E-state index in [-0.39, 0.29) is 5.91 Å². The first-order valence-corrected chi connectivity index (χ1v) is 14.7. The van der Waals surface area contributed by atoms with E-state index in [9.17, 15) is 4.79 Å². The van der Waals surface area contributed by atoms with Crippen LogP contribution < -0.4 is 10.1 Å². The summed E-state index contributed by atoms with van der Waals surface area (Å²) in [5.74, 6) is 0.815. The van der Waals surface area contributed by atoms with Crippen molar-refractivity contribution in [2.24, 2.45) is 0 Å². The van der Waals surface area contributed by atoms with Crippen LogP contribution in [0.5, 0.6) is 5.75 Å². The molecule has 0 saturated carbocycles. The molecule has 190 valence electrons. The van der Waals surface area contributed by atoms with Crippen LogP contribution in [-0.4, -0.2) is 19.1 Å². The Kier molecular flexibility index (Phi) is 19.5. The molecule has 0 aliphatic carbocycles. The van der Waals surface area contributed by atoms with E-state index in [1.807, 2.05) is 18.2 Å². The molecule has 0 aromatic heterocycles. The Morgan fingerprint density at radius 3 is 1.73 bits per heavy atom. The fourth-order valence-electron chi connectivity index (χ4n) is 4.09. The van der Waals surface area contributed by atoms with Crippen LogP contribution in [-0.2, 0) is 0 Å². The highest BCUT2D eigenvalue weighted by Crippen LogP contribution is 2.26. The van der Waals surface area contributed by atoms with Crippen molar-refractivity contribution in [3.8, 4) is 5.75 Å². The van der Waals surface area contributed by atoms with Crippen molar-refractivity contribution in [3.63, 3.8) is 0 Å². The summed E-state index contributed by atoms with van der Waals surface area (Å²) in [7, 11) is 0. The van der Waals surface area contributed by atoms with Gasteiger partial charge in [-0.15, -0.1) is 0 Å². The smallest absolute Gasteiger partial charge is 0.251 e. The summed E-state index contributed by atoms with van der Waals surface area (Å²) in [5, 5.41) is 3.05. The Balaban J connectivity index is 2.00. The van der Waals surface area contributed by atoms with Gasteiger partial charge in [0.1, 0.15) is 5.75 Å². The monoisotopic (exact) mass is 523 g/mol. The first-order chi connectivity index (χ1) is 16.2. The summed E-state index contributed by atoms with van der Waals surface area (Å²) in [6, 6.07) is 5.61. The second kappa shape index (κ2) is 21.5. The highest BCUT2D eigenvalue weighted by molar-refractivity contribution is 9.10. The molecule has 1 aromatic carbocycles. The van der Waals surface area contributed by atoms with Crippen LogP contribution in [0.25, 0.3) is 0 Å². The van der Waals surface area contributed by atoms with Gasteiger partial charge >= 0.3 is 0 Å². The molecule has 0 radical (unpaired) electrons. The van der Waals surface area contributed by atoms with E-state index in [0.717, 1.165) is 36.2 Å². The molecule has 1 amide bonds. The van der Waals surface area contributed by atoms with Crippen molar-refractivity contribution in [1.82, 2.24) is 5.32 Å². The number of benzene rings is 1. The van der Waals surface area contributed by atoms with E-state index in [1.165, 1.54) is 103 Å². The maximum atomic E-state index is 12.4. The van der Waals surface area contributed by atoms with Gasteiger partial charge in [-0.05, 0) is 47.0 Å². The fraction of sp³-hybridized carbons (Fsp3) is 0.759. The molecule has 4 heteroatoms. The lowest BCUT2D eigenvalue weighted by Crippen LogP contribution is -2.24. The summed E-state index contributed by atoms with van der Waals surface area (Å²) in [6.45, 7) is 5.97. The number of rotatable bonds is 22. The Hall–Kier alpha value is -1.03. The highest BCUT2D eigenvalue weighted by Gasteiger charge is 2.09. The van der Waals surface area contributed by atoms with Gasteiger partial charge in [0.25, 0.3) is 5.91 Å². The molecule has 1 rings (SSSR count). The Labute approximate surface area is 213 Å². The fourth-order valence-corrected chi connectivity index (χ4v) is 4.59. The Morgan fingerprint density at radius 1 is 0.727 bits per heavy atom. The van der Waals surface area contributed by atoms with Crippen molar-refractivity contribution in [3.05, 3.63) is 28.2 Å². The van der Waals surface area contributed by atoms with Crippen LogP contribution in [0.2, 0.25) is 0 Å². The molecule has 0 saturated heterocycles. The van der Waals surface area contributed by atoms with Gasteiger partial charge in [0.15, 0.2) is 0 Å². The van der Waals surface area contributed by atoms with Crippen molar-refractivity contribution in [2.45, 2.75) is 129 Å². The molecule has 0 spiro atoms. The number of carbonyl (C=O) groups is 1. The molecule has 1 N–H and O–H groups in total. The van der Waals surface area contributed by atoms with Gasteiger partial charge in [-0.3, -0.25) is 4.79 Å². The topological polar surface area (TPSA) is 38.3 Å². The second-order valence-corrected chi connectivity index (χ2v) is 10.3. The van der Waals surface area contributed by atoms with Gasteiger partial charge in [-0.25, -0.2) is 0 Å². The maximum Gasteiger partial charge on any atom is 0.251 e. The average Bonchev–Trinajstić information content (AvgIpc) is 2.82. The van der Waals surface area contributed by atoms with Crippen molar-refractivity contribution in [2.75, 3.05) is 13.2 Å². The van der Waals surface area contributed by atoms with Crippen molar-refractivity contribution >= 4 is 21.8 Å². The molecule has 0 aliphatic rings. The summed E-state index contributed by atoms with van der Waals surface area (Å²) in [6.07, 6.45) is 23.7. The normalized spacial score (nSPS) is 11.0. The van der Waals surface area contributed by atoms with Crippen LogP contribution in [0, 0.1) is 0 Å². The molecule has 33 heavy (non-hydrogen) atoms. The lowest BCUT2D eigenvalue weighted by atomic mass is 10.0. The molecular weight excluding hydrogens is 474 g/mol. The van der Waals surface area contributed by atoms with E-state index < -0.39 is 0 Å². The second-order valence-electron chi connectivity index (χ2n) is 9.41. The standard InChI is InChI=1S/C29H50BrNO2/c1-3-5-7-9-10-11-12-13-14-15-16-17-18-19-23-31-29(32)26-21-22-28(27(30)25-26)33-24-20-8-6-4-2/h21-22,25H,3-20,23-24H2,1-2H3,(H,31,32). The lowest BCUT2D eigenvalue weighted by molar-refractivity contribution is 0.0953. The predicted molar refractivity (Wildman–Crippen MR) is 146 cm³/mol. The summed E-state index contributed by atoms with van der Waals surface area (Å²) in [4.78, 5) is 12.4. The first-order valence-electron chi connectivity index (χ1n) is 13.9. The Bertz CT molecular complexity index is 605. The number of hydrogen-bond acceptors (Lipinski definition) is 2. The third-order valence-corrected chi connectivity index (χ3v) is 6.89. The number of carbonyl (C=O) groups excluding carboxylic acids is 1. The van der Waals surface area contributed by atoms with Crippen molar-refractivity contribution < 1.29 is 9.53 Å². The van der Waals surface area contributed by atoms with Crippen molar-refractivity contribution in [1.29, 1.82) is 0 Å². The summed E-state index contributed by atoms with van der Waals surface area (Å²) in [5.41, 5.74) is 0.686. The number of nitrogens with one attached hydrogen (secondary N) is 1. The summed E-state index contributed by atoms with van der Waals surface area (Å²) < 4.78 is 6.68. The largest absolute Gasteiger partial charge is 0.492 e. The van der Waals surface area contributed by atoms with Crippen LogP contribution in [0.1, 0.15) is 140 Å². The van der Waals surface area contributed by atoms with Crippen LogP contribution >= 0.6 is 15.9 Å². The third kappa shape index (κ3) is 16.3. The number of unbranched alkanes of at least 4 members (excludes halogenated alkanes) is 16. The average molecular weight is 525 g/mol. The van der Waals surface area contributed by atoms with Crippen LogP contribution in [0.4, 0.5) is 0 Å². The minimum Gasteiger partial charge on any atom is -0.492 e. The Morgan fingerprint density at radius 2 is 1.21 bits per heavy atom. The predicted octanol–water partition coefficient (Wildman–Crippen LogP) is 9.62. The van der Waals surface area contributed by atoms with Crippen LogP contribution in [0.15, 0.2) is 22.7 Å². The summed E-state index contributed by atoms with van der Waals surface area (Å²) >= 11 is 3.54. The van der Waals surface area contributed by atoms with E-state index in [4.69, 9.17) is 4.74 Å². The molecule has 0 heterocycles. The van der Waals surface area contributed by atoms with E-state index >= 15 is 0 Å². The first kappa shape index (κ1) is 30.0. The zero-order valence-corrected chi connectivity index (χ0v) is 23.2. The maximum absolute atomic E-state index is 12.4. The number of halogens is 1. The van der Waals surface area contributed by atoms with Gasteiger partial charge in [0, 0.05) is 12.1 Å². The van der Waals surface area contributed by atoms with Gasteiger partial charge in [0.05, 0.1) is 11.1 Å². The SMILES string of the molecule is CCCCCCCCCCCCCCCCNC(=O)c1ccc(OCCCCCC)c(Br)c1. The highest BCUT2D eigenvalue weighted by atomic mass is 79.9. The molecule has 0 aliphatic heterocycles. The minimum atomic E-state index is -0.000102. The van der Waals surface area contributed by atoms with Gasteiger partial charge in [-0.1, -0.05) is 117 Å². The molecule has 0 atom stereocenters. The number of amides is 1. The van der Waals surface area contributed by atoms with Crippen LogP contribution in [0.3, 0.4) is 0 Å². The quantitative estimate of drug-likeness (QED) is 0.153. The molecule has 3 nitrogen and oxygen atoms in total. The molecule has 0 unspecified atom stereocenters. The lowest BCUT2D eigenvalue weighted by Gasteiger charge is -2.10. The molecule has 0 fully saturated rings. The van der Waals surface area contributed by atoms with E-state index in [0.29, 0.717) is 5.56 Å². The molecule has 1 aromatic rings. The third-order valence-electron chi connectivity index (χ3n) is 6.27. The van der Waals surface area contributed by atoms with Gasteiger partial charge < -0.3 is 10.1 Å². The van der Waals surface area contributed by atoms with E-state index in [2.05, 4.69) is 35.1 Å². The van der Waals surface area contributed by atoms with Gasteiger partial charge in [-0.2, -0.15) is 0 Å². The zero-order chi connectivity index (χ0) is 24.0. The molecular formula is C29H50BrNO2. The van der Waals surface area contributed by atoms with E-state index in [1.54, 1.807) is 0 Å². The van der Waals surface area contributed by atoms with Gasteiger partial charge in [0.2, 0.25) is 0 Å². The molecule has 0 bridgehead atoms. The number of hydrogen-bond donors (Lipinski definition) is 1. The number of ether oxygens (including phenoxy) is 1.